The van der Waals surface area contributed by atoms with Gasteiger partial charge in [0.05, 0.1) is 11.6 Å². The van der Waals surface area contributed by atoms with Crippen LogP contribution in [0.5, 0.6) is 0 Å². The number of carboxylic acid groups (broad SMARTS) is 1. The van der Waals surface area contributed by atoms with E-state index < -0.39 is 5.97 Å². The van der Waals surface area contributed by atoms with Gasteiger partial charge in [0.1, 0.15) is 5.69 Å². The van der Waals surface area contributed by atoms with E-state index in [0.29, 0.717) is 6.54 Å². The third kappa shape index (κ3) is 2.04. The van der Waals surface area contributed by atoms with Gasteiger partial charge in [-0.3, -0.25) is 4.68 Å². The average molecular weight is 223 g/mol. The fourth-order valence-corrected chi connectivity index (χ4v) is 2.04. The van der Waals surface area contributed by atoms with Crippen molar-refractivity contribution in [1.82, 2.24) is 14.8 Å². The summed E-state index contributed by atoms with van der Waals surface area (Å²) >= 11 is 1.54. The van der Waals surface area contributed by atoms with E-state index in [0.717, 1.165) is 9.88 Å². The van der Waals surface area contributed by atoms with E-state index in [2.05, 4.69) is 10.1 Å². The lowest BCUT2D eigenvalue weighted by atomic mass is 10.4. The van der Waals surface area contributed by atoms with Gasteiger partial charge in [0.2, 0.25) is 0 Å². The molecule has 0 spiro atoms. The Labute approximate surface area is 90.0 Å². The lowest BCUT2D eigenvalue weighted by Crippen LogP contribution is -2.09. The Morgan fingerprint density at radius 1 is 1.67 bits per heavy atom. The molecule has 15 heavy (non-hydrogen) atoms. The summed E-state index contributed by atoms with van der Waals surface area (Å²) in [4.78, 5) is 15.9. The average Bonchev–Trinajstić information content (AvgIpc) is 2.75. The molecule has 2 aromatic rings. The predicted octanol–water partition coefficient (Wildman–Crippen LogP) is 1.39. The number of hydrogen-bond acceptors (Lipinski definition) is 4. The molecule has 0 atom stereocenters. The summed E-state index contributed by atoms with van der Waals surface area (Å²) in [6.45, 7) is 2.37. The van der Waals surface area contributed by atoms with Gasteiger partial charge in [-0.1, -0.05) is 0 Å². The highest BCUT2D eigenvalue weighted by Crippen LogP contribution is 2.13. The van der Waals surface area contributed by atoms with Gasteiger partial charge in [-0.25, -0.2) is 9.78 Å². The number of aromatic nitrogens is 3. The minimum Gasteiger partial charge on any atom is -0.477 e. The van der Waals surface area contributed by atoms with Crippen LogP contribution < -0.4 is 0 Å². The van der Waals surface area contributed by atoms with Gasteiger partial charge in [0.15, 0.2) is 0 Å². The molecule has 0 radical (unpaired) electrons. The molecule has 78 valence electrons. The van der Waals surface area contributed by atoms with E-state index in [1.807, 2.05) is 6.92 Å². The summed E-state index contributed by atoms with van der Waals surface area (Å²) in [6, 6.07) is 1.48. The number of hydrogen-bond donors (Lipinski definition) is 1. The van der Waals surface area contributed by atoms with E-state index in [4.69, 9.17) is 5.11 Å². The van der Waals surface area contributed by atoms with E-state index in [1.54, 1.807) is 17.5 Å². The van der Waals surface area contributed by atoms with Gasteiger partial charge in [-0.05, 0) is 13.0 Å². The normalized spacial score (nSPS) is 10.5. The smallest absolute Gasteiger partial charge is 0.354 e. The van der Waals surface area contributed by atoms with Crippen LogP contribution in [-0.2, 0) is 6.54 Å². The first kappa shape index (κ1) is 9.85. The molecule has 6 heteroatoms. The highest BCUT2D eigenvalue weighted by molar-refractivity contribution is 7.11. The topological polar surface area (TPSA) is 68.0 Å². The maximum absolute atomic E-state index is 10.8. The van der Waals surface area contributed by atoms with Gasteiger partial charge in [0.25, 0.3) is 0 Å². The number of carboxylic acids is 1. The van der Waals surface area contributed by atoms with Crippen molar-refractivity contribution in [3.8, 4) is 0 Å². The van der Waals surface area contributed by atoms with Crippen LogP contribution in [0.15, 0.2) is 18.5 Å². The first-order valence-electron chi connectivity index (χ1n) is 4.33. The zero-order chi connectivity index (χ0) is 10.8. The Hall–Kier alpha value is -1.69. The van der Waals surface area contributed by atoms with Gasteiger partial charge < -0.3 is 5.11 Å². The Balaban J connectivity index is 2.24. The first-order valence-corrected chi connectivity index (χ1v) is 5.15. The first-order chi connectivity index (χ1) is 7.16. The lowest BCUT2D eigenvalue weighted by molar-refractivity contribution is 0.0684. The molecule has 2 aromatic heterocycles. The predicted molar refractivity (Wildman–Crippen MR) is 55.1 cm³/mol. The van der Waals surface area contributed by atoms with Crippen LogP contribution in [0.1, 0.15) is 20.4 Å². The summed E-state index contributed by atoms with van der Waals surface area (Å²) in [5, 5.41) is 13.8. The fourth-order valence-electron chi connectivity index (χ4n) is 1.27. The fraction of sp³-hybridized carbons (Fsp3) is 0.222. The van der Waals surface area contributed by atoms with Crippen LogP contribution in [-0.4, -0.2) is 25.8 Å². The largest absolute Gasteiger partial charge is 0.477 e. The molecule has 1 N–H and O–H groups in total. The molecule has 5 nitrogen and oxygen atoms in total. The third-order valence-electron chi connectivity index (χ3n) is 1.91. The second kappa shape index (κ2) is 3.82. The zero-order valence-corrected chi connectivity index (χ0v) is 8.86. The minimum atomic E-state index is -0.964. The van der Waals surface area contributed by atoms with E-state index in [1.165, 1.54) is 16.9 Å². The number of thiazole rings is 1. The van der Waals surface area contributed by atoms with Crippen molar-refractivity contribution >= 4 is 17.3 Å². The molecule has 0 unspecified atom stereocenters. The van der Waals surface area contributed by atoms with E-state index in [9.17, 15) is 4.79 Å². The molecule has 0 aromatic carbocycles. The van der Waals surface area contributed by atoms with E-state index in [-0.39, 0.29) is 5.69 Å². The maximum atomic E-state index is 10.8. The SMILES string of the molecule is Cc1ncc(Cn2nccc2C(=O)O)s1. The van der Waals surface area contributed by atoms with Crippen molar-refractivity contribution < 1.29 is 9.90 Å². The van der Waals surface area contributed by atoms with Crippen molar-refractivity contribution in [3.05, 3.63) is 34.0 Å². The summed E-state index contributed by atoms with van der Waals surface area (Å²) < 4.78 is 1.45. The van der Waals surface area contributed by atoms with Crippen molar-refractivity contribution in [2.24, 2.45) is 0 Å². The summed E-state index contributed by atoms with van der Waals surface area (Å²) in [5.41, 5.74) is 0.195. The molecule has 0 bridgehead atoms. The van der Waals surface area contributed by atoms with Crippen LogP contribution in [0.3, 0.4) is 0 Å². The molecule has 2 rings (SSSR count). The molecule has 0 saturated carbocycles. The van der Waals surface area contributed by atoms with Crippen molar-refractivity contribution in [2.45, 2.75) is 13.5 Å². The Morgan fingerprint density at radius 3 is 3.07 bits per heavy atom. The van der Waals surface area contributed by atoms with E-state index >= 15 is 0 Å². The lowest BCUT2D eigenvalue weighted by Gasteiger charge is -2.00. The second-order valence-corrected chi connectivity index (χ2v) is 4.34. The summed E-state index contributed by atoms with van der Waals surface area (Å²) in [7, 11) is 0. The van der Waals surface area contributed by atoms with Crippen LogP contribution >= 0.6 is 11.3 Å². The Morgan fingerprint density at radius 2 is 2.47 bits per heavy atom. The quantitative estimate of drug-likeness (QED) is 0.853. The molecule has 0 fully saturated rings. The highest BCUT2D eigenvalue weighted by atomic mass is 32.1. The zero-order valence-electron chi connectivity index (χ0n) is 8.04. The van der Waals surface area contributed by atoms with Crippen molar-refractivity contribution in [2.75, 3.05) is 0 Å². The van der Waals surface area contributed by atoms with Crippen LogP contribution in [0, 0.1) is 6.92 Å². The monoisotopic (exact) mass is 223 g/mol. The standard InChI is InChI=1S/C9H9N3O2S/c1-6-10-4-7(15-6)5-12-8(9(13)14)2-3-11-12/h2-4H,5H2,1H3,(H,13,14). The molecule has 0 aliphatic rings. The Bertz CT molecular complexity index is 489. The van der Waals surface area contributed by atoms with Crippen molar-refractivity contribution in [1.29, 1.82) is 0 Å². The number of nitrogens with zero attached hydrogens (tertiary/aromatic N) is 3. The van der Waals surface area contributed by atoms with Gasteiger partial charge in [-0.2, -0.15) is 5.10 Å². The van der Waals surface area contributed by atoms with Gasteiger partial charge in [0, 0.05) is 17.3 Å². The minimum absolute atomic E-state index is 0.195. The molecule has 0 aliphatic carbocycles. The molecular formula is C9H9N3O2S. The number of aromatic carboxylic acids is 1. The number of rotatable bonds is 3. The third-order valence-corrected chi connectivity index (χ3v) is 2.81. The van der Waals surface area contributed by atoms with Gasteiger partial charge >= 0.3 is 5.97 Å². The summed E-state index contributed by atoms with van der Waals surface area (Å²) in [6.07, 6.45) is 3.23. The molecule has 0 aliphatic heterocycles. The van der Waals surface area contributed by atoms with Crippen molar-refractivity contribution in [3.63, 3.8) is 0 Å². The molecule has 0 amide bonds. The second-order valence-electron chi connectivity index (χ2n) is 3.02. The maximum Gasteiger partial charge on any atom is 0.354 e. The number of aryl methyl sites for hydroxylation is 1. The van der Waals surface area contributed by atoms with Crippen LogP contribution in [0.25, 0.3) is 0 Å². The highest BCUT2D eigenvalue weighted by Gasteiger charge is 2.10. The summed E-state index contributed by atoms with van der Waals surface area (Å²) in [5.74, 6) is -0.964. The Kier molecular flexibility index (Phi) is 2.51. The number of carbonyl (C=O) groups is 1. The van der Waals surface area contributed by atoms with Crippen LogP contribution in [0.2, 0.25) is 0 Å². The van der Waals surface area contributed by atoms with Crippen LogP contribution in [0.4, 0.5) is 0 Å². The van der Waals surface area contributed by atoms with Gasteiger partial charge in [-0.15, -0.1) is 11.3 Å². The molecular weight excluding hydrogens is 214 g/mol. The molecule has 2 heterocycles. The molecule has 0 saturated heterocycles.